The Morgan fingerprint density at radius 3 is 1.22 bits per heavy atom. The second-order valence-corrected chi connectivity index (χ2v) is 17.8. The molecule has 0 radical (unpaired) electrons. The summed E-state index contributed by atoms with van der Waals surface area (Å²) in [5, 5.41) is 0. The minimum absolute atomic E-state index is 0.0806. The largest absolute Gasteiger partial charge is 0.494 e. The fraction of sp³-hybridized carbons (Fsp3) is 0.593. The minimum atomic E-state index is -0.805. The molecule has 9 heteroatoms. The number of nitrogens with zero attached hydrogens (tertiary/aromatic N) is 2. The van der Waals surface area contributed by atoms with Gasteiger partial charge in [0, 0.05) is 35.1 Å². The van der Waals surface area contributed by atoms with Crippen molar-refractivity contribution in [3.05, 3.63) is 83.7 Å². The van der Waals surface area contributed by atoms with Crippen LogP contribution in [0.3, 0.4) is 0 Å². The van der Waals surface area contributed by atoms with Crippen LogP contribution < -0.4 is 14.2 Å². The van der Waals surface area contributed by atoms with Gasteiger partial charge in [-0.1, -0.05) is 130 Å². The van der Waals surface area contributed by atoms with Crippen molar-refractivity contribution in [1.29, 1.82) is 0 Å². The molecule has 2 aliphatic rings. The topological polar surface area (TPSA) is 78.5 Å². The van der Waals surface area contributed by atoms with Crippen molar-refractivity contribution in [1.82, 2.24) is 9.97 Å². The first-order valence-electron chi connectivity index (χ1n) is 24.7. The summed E-state index contributed by atoms with van der Waals surface area (Å²) in [6.07, 6.45) is 23.8. The number of hydrogen-bond donors (Lipinski definition) is 0. The van der Waals surface area contributed by atoms with E-state index >= 15 is 8.78 Å². The van der Waals surface area contributed by atoms with E-state index in [4.69, 9.17) is 23.7 Å². The third-order valence-electron chi connectivity index (χ3n) is 12.5. The summed E-state index contributed by atoms with van der Waals surface area (Å²) < 4.78 is 63.7. The van der Waals surface area contributed by atoms with Gasteiger partial charge >= 0.3 is 0 Å². The smallest absolute Gasteiger partial charge is 0.256 e. The summed E-state index contributed by atoms with van der Waals surface area (Å²) >= 11 is 0. The van der Waals surface area contributed by atoms with Crippen molar-refractivity contribution >= 4 is 0 Å². The molecule has 2 aromatic heterocycles. The number of pyridine rings is 2. The highest BCUT2D eigenvalue weighted by Crippen LogP contribution is 2.41. The van der Waals surface area contributed by atoms with Crippen LogP contribution in [0.2, 0.25) is 0 Å². The zero-order valence-electron chi connectivity index (χ0n) is 38.7. The van der Waals surface area contributed by atoms with E-state index < -0.39 is 11.9 Å². The fourth-order valence-electron chi connectivity index (χ4n) is 8.46. The Kier molecular flexibility index (Phi) is 20.0. The molecular formula is C54H74F2N2O5. The number of halogens is 2. The van der Waals surface area contributed by atoms with Crippen LogP contribution in [0.4, 0.5) is 8.78 Å². The number of aromatic nitrogens is 2. The normalized spacial score (nSPS) is 17.8. The van der Waals surface area contributed by atoms with Gasteiger partial charge in [-0.25, -0.2) is 9.97 Å². The van der Waals surface area contributed by atoms with Crippen molar-refractivity contribution in [3.8, 4) is 45.5 Å². The molecule has 4 aromatic rings. The van der Waals surface area contributed by atoms with E-state index in [1.165, 1.54) is 51.4 Å². The molecule has 2 aromatic carbocycles. The van der Waals surface area contributed by atoms with Crippen molar-refractivity contribution in [2.45, 2.75) is 193 Å². The summed E-state index contributed by atoms with van der Waals surface area (Å²) in [5.74, 6) is -0.266. The third-order valence-corrected chi connectivity index (χ3v) is 12.5. The lowest BCUT2D eigenvalue weighted by molar-refractivity contribution is 0.304. The molecule has 6 rings (SSSR count). The van der Waals surface area contributed by atoms with Crippen LogP contribution in [-0.4, -0.2) is 47.6 Å². The summed E-state index contributed by atoms with van der Waals surface area (Å²) in [4.78, 5) is 8.80. The lowest BCUT2D eigenvalue weighted by Crippen LogP contribution is -2.09. The van der Waals surface area contributed by atoms with Crippen LogP contribution in [0, 0.1) is 11.9 Å². The molecule has 0 aliphatic carbocycles. The number of benzene rings is 2. The quantitative estimate of drug-likeness (QED) is 0.0275. The molecule has 2 fully saturated rings. The van der Waals surface area contributed by atoms with Crippen molar-refractivity contribution < 1.29 is 32.5 Å². The van der Waals surface area contributed by atoms with Gasteiger partial charge in [-0.2, -0.15) is 8.78 Å². The maximum absolute atomic E-state index is 16.5. The van der Waals surface area contributed by atoms with E-state index in [9.17, 15) is 0 Å². The Balaban J connectivity index is 1.22. The maximum atomic E-state index is 16.5. The molecule has 0 spiro atoms. The zero-order chi connectivity index (χ0) is 44.2. The summed E-state index contributed by atoms with van der Waals surface area (Å²) in [6, 6.07) is 19.0. The molecule has 0 unspecified atom stereocenters. The fourth-order valence-corrected chi connectivity index (χ4v) is 8.46. The van der Waals surface area contributed by atoms with Gasteiger partial charge in [-0.05, 0) is 86.3 Å². The van der Waals surface area contributed by atoms with Gasteiger partial charge in [0.05, 0.1) is 49.0 Å². The van der Waals surface area contributed by atoms with Crippen molar-refractivity contribution in [2.75, 3.05) is 13.2 Å². The number of epoxide rings is 2. The van der Waals surface area contributed by atoms with Gasteiger partial charge in [-0.15, -0.1) is 0 Å². The summed E-state index contributed by atoms with van der Waals surface area (Å²) in [7, 11) is 0. The standard InChI is InChI=1S/C54H74F2N2O5/c1-5-9-13-15-17-21-33-59-43-29-25-39(26-30-43)45-35-41(37-49-47(61-49)23-19-11-7-3)51(53(55)57-45)63-52-42(38-50-48(62-50)24-20-12-8-4)36-46(58-54(52)56)40-27-31-44(32-28-40)60-34-22-18-16-14-10-6-2/h25-32,35-36,47-50H,5-24,33-34,37-38H2,1-4H3/t47-,48-,49-,50-/m0/s1. The number of rotatable bonds is 32. The molecule has 2 aliphatic heterocycles. The maximum Gasteiger partial charge on any atom is 0.256 e. The lowest BCUT2D eigenvalue weighted by Gasteiger charge is -2.17. The van der Waals surface area contributed by atoms with Crippen LogP contribution in [0.1, 0.15) is 167 Å². The van der Waals surface area contributed by atoms with E-state index in [1.54, 1.807) is 0 Å². The lowest BCUT2D eigenvalue weighted by atomic mass is 10.0. The SMILES string of the molecule is CCCCCCCCOc1ccc(-c2cc(C[C@@H]3O[C@H]3CCCCC)c(Oc3c(C[C@@H]4O[C@H]4CCCCC)cc(-c4ccc(OCCCCCCCC)cc4)nc3F)c(F)n2)cc1. The third kappa shape index (κ3) is 15.6. The molecule has 0 saturated carbocycles. The predicted octanol–water partition coefficient (Wildman–Crippen LogP) is 15.1. The highest BCUT2D eigenvalue weighted by molar-refractivity contribution is 5.64. The first-order chi connectivity index (χ1) is 30.9. The van der Waals surface area contributed by atoms with Crippen LogP contribution >= 0.6 is 0 Å². The second-order valence-electron chi connectivity index (χ2n) is 17.8. The number of unbranched alkanes of at least 4 members (excludes halogenated alkanes) is 14. The molecule has 0 bridgehead atoms. The highest BCUT2D eigenvalue weighted by atomic mass is 19.1. The van der Waals surface area contributed by atoms with Gasteiger partial charge in [-0.3, -0.25) is 0 Å². The molecule has 344 valence electrons. The molecule has 7 nitrogen and oxygen atoms in total. The van der Waals surface area contributed by atoms with Gasteiger partial charge < -0.3 is 23.7 Å². The number of hydrogen-bond acceptors (Lipinski definition) is 7. The average Bonchev–Trinajstić information content (AvgIpc) is 4.22. The van der Waals surface area contributed by atoms with E-state index in [-0.39, 0.29) is 35.9 Å². The molecule has 0 N–H and O–H groups in total. The van der Waals surface area contributed by atoms with Crippen LogP contribution in [-0.2, 0) is 22.3 Å². The molecule has 4 atom stereocenters. The van der Waals surface area contributed by atoms with E-state index in [0.29, 0.717) is 48.6 Å². The first-order valence-corrected chi connectivity index (χ1v) is 24.7. The average molecular weight is 869 g/mol. The molecule has 0 amide bonds. The van der Waals surface area contributed by atoms with Crippen LogP contribution in [0.25, 0.3) is 22.5 Å². The summed E-state index contributed by atoms with van der Waals surface area (Å²) in [6.45, 7) is 10.1. The van der Waals surface area contributed by atoms with Crippen molar-refractivity contribution in [2.24, 2.45) is 0 Å². The Hall–Kier alpha value is -4.08. The van der Waals surface area contributed by atoms with Gasteiger partial charge in [0.15, 0.2) is 11.5 Å². The Bertz CT molecular complexity index is 1800. The predicted molar refractivity (Wildman–Crippen MR) is 250 cm³/mol. The zero-order valence-corrected chi connectivity index (χ0v) is 38.7. The van der Waals surface area contributed by atoms with E-state index in [2.05, 4.69) is 37.7 Å². The Labute approximate surface area is 377 Å². The van der Waals surface area contributed by atoms with E-state index in [0.717, 1.165) is 99.7 Å². The van der Waals surface area contributed by atoms with E-state index in [1.807, 2.05) is 60.7 Å². The Morgan fingerprint density at radius 1 is 0.460 bits per heavy atom. The second kappa shape index (κ2) is 26.0. The highest BCUT2D eigenvalue weighted by Gasteiger charge is 2.40. The minimum Gasteiger partial charge on any atom is -0.494 e. The summed E-state index contributed by atoms with van der Waals surface area (Å²) in [5.41, 5.74) is 3.60. The van der Waals surface area contributed by atoms with Crippen LogP contribution in [0.15, 0.2) is 60.7 Å². The molecule has 2 saturated heterocycles. The molecular weight excluding hydrogens is 795 g/mol. The van der Waals surface area contributed by atoms with Gasteiger partial charge in [0.1, 0.15) is 11.5 Å². The number of ether oxygens (including phenoxy) is 5. The monoisotopic (exact) mass is 869 g/mol. The van der Waals surface area contributed by atoms with Gasteiger partial charge in [0.25, 0.3) is 11.9 Å². The first kappa shape index (κ1) is 48.4. The van der Waals surface area contributed by atoms with Crippen molar-refractivity contribution in [3.63, 3.8) is 0 Å². The van der Waals surface area contributed by atoms with Crippen LogP contribution in [0.5, 0.6) is 23.0 Å². The molecule has 4 heterocycles. The Morgan fingerprint density at radius 2 is 0.825 bits per heavy atom. The molecule has 63 heavy (non-hydrogen) atoms. The van der Waals surface area contributed by atoms with Gasteiger partial charge in [0.2, 0.25) is 0 Å².